The quantitative estimate of drug-likeness (QED) is 0.408. The molecule has 4 heterocycles. The van der Waals surface area contributed by atoms with Crippen LogP contribution in [0.2, 0.25) is 5.02 Å². The van der Waals surface area contributed by atoms with Gasteiger partial charge in [-0.15, -0.1) is 11.3 Å². The Morgan fingerprint density at radius 3 is 2.94 bits per heavy atom. The molecule has 1 aliphatic carbocycles. The number of hydrogen-bond acceptors (Lipinski definition) is 7. The fourth-order valence-corrected chi connectivity index (χ4v) is 7.48. The number of halogens is 1. The van der Waals surface area contributed by atoms with Crippen LogP contribution in [0.5, 0.6) is 0 Å². The van der Waals surface area contributed by atoms with Crippen LogP contribution in [0.4, 0.5) is 11.5 Å². The number of carbonyl (C=O) groups is 1. The molecule has 2 aliphatic rings. The fraction of sp³-hybridized carbons (Fsp3) is 0.381. The molecule has 3 aromatic heterocycles. The number of rotatable bonds is 3. The Balaban J connectivity index is 1.31. The van der Waals surface area contributed by atoms with E-state index in [9.17, 15) is 4.79 Å². The maximum atomic E-state index is 13.0. The number of H-pyrrole nitrogens is 1. The van der Waals surface area contributed by atoms with Gasteiger partial charge in [0.1, 0.15) is 17.0 Å². The molecular weight excluding hydrogens is 470 g/mol. The van der Waals surface area contributed by atoms with E-state index in [1.54, 1.807) is 29.2 Å². The molecule has 6 rings (SSSR count). The lowest BCUT2D eigenvalue weighted by molar-refractivity contribution is -0.135. The number of carbonyl (C=O) groups excluding carboxylic acids is 1. The van der Waals surface area contributed by atoms with Crippen LogP contribution in [0, 0.1) is 5.92 Å². The Labute approximate surface area is 196 Å². The van der Waals surface area contributed by atoms with Crippen molar-refractivity contribution in [2.45, 2.75) is 19.3 Å². The summed E-state index contributed by atoms with van der Waals surface area (Å²) in [6.07, 6.45) is 4.18. The van der Waals surface area contributed by atoms with E-state index >= 15 is 0 Å². The summed E-state index contributed by atoms with van der Waals surface area (Å²) in [7, 11) is 0. The molecule has 31 heavy (non-hydrogen) atoms. The number of benzene rings is 1. The maximum Gasteiger partial charge on any atom is 0.226 e. The van der Waals surface area contributed by atoms with Crippen molar-refractivity contribution >= 4 is 84.1 Å². The molecule has 4 aromatic rings. The number of aromatic nitrogens is 3. The van der Waals surface area contributed by atoms with Gasteiger partial charge in [0, 0.05) is 35.4 Å². The molecule has 160 valence electrons. The summed E-state index contributed by atoms with van der Waals surface area (Å²) < 4.78 is 4.34. The average Bonchev–Trinajstić information content (AvgIpc) is 3.17. The van der Waals surface area contributed by atoms with Gasteiger partial charge in [-0.3, -0.25) is 4.79 Å². The summed E-state index contributed by atoms with van der Waals surface area (Å²) in [5.41, 5.74) is 3.20. The lowest BCUT2D eigenvalue weighted by Gasteiger charge is -2.31. The summed E-state index contributed by atoms with van der Waals surface area (Å²) >= 11 is 11.7. The van der Waals surface area contributed by atoms with Crippen LogP contribution >= 0.6 is 46.2 Å². The first-order valence-corrected chi connectivity index (χ1v) is 13.5. The van der Waals surface area contributed by atoms with Gasteiger partial charge in [0.25, 0.3) is 0 Å². The zero-order valence-electron chi connectivity index (χ0n) is 16.6. The molecule has 10 heteroatoms. The van der Waals surface area contributed by atoms with Crippen LogP contribution in [0.25, 0.3) is 20.4 Å². The van der Waals surface area contributed by atoms with Crippen molar-refractivity contribution in [2.24, 2.45) is 5.92 Å². The average molecular weight is 490 g/mol. The second kappa shape index (κ2) is 7.95. The van der Waals surface area contributed by atoms with Crippen LogP contribution in [-0.4, -0.2) is 49.7 Å². The van der Waals surface area contributed by atoms with E-state index in [1.807, 2.05) is 17.8 Å². The highest BCUT2D eigenvalue weighted by Crippen LogP contribution is 2.42. The van der Waals surface area contributed by atoms with Gasteiger partial charge in [0.2, 0.25) is 5.91 Å². The predicted molar refractivity (Wildman–Crippen MR) is 131 cm³/mol. The normalized spacial score (nSPS) is 19.1. The first-order chi connectivity index (χ1) is 15.2. The molecular formula is C21H20ClN5OS3. The Kier molecular flexibility index (Phi) is 5.09. The predicted octanol–water partition coefficient (Wildman–Crippen LogP) is 5.31. The minimum atomic E-state index is 0.0833. The zero-order chi connectivity index (χ0) is 20.9. The molecule has 0 bridgehead atoms. The molecule has 6 nitrogen and oxygen atoms in total. The lowest BCUT2D eigenvalue weighted by Crippen LogP contribution is -2.42. The highest BCUT2D eigenvalue weighted by Gasteiger charge is 2.32. The van der Waals surface area contributed by atoms with Gasteiger partial charge in [-0.25, -0.2) is 9.97 Å². The van der Waals surface area contributed by atoms with Gasteiger partial charge in [-0.05, 0) is 37.0 Å². The highest BCUT2D eigenvalue weighted by atomic mass is 35.5. The highest BCUT2D eigenvalue weighted by molar-refractivity contribution is 7.99. The topological polar surface area (TPSA) is 73.9 Å². The number of thioether (sulfide) groups is 1. The van der Waals surface area contributed by atoms with Crippen molar-refractivity contribution < 1.29 is 4.79 Å². The SMILES string of the molecule is O=C([C@H]1CCc2c(sc3ncnc(Nc4cc5s[nH]c5cc4Cl)c23)C1)N1CCSCC1. The first kappa shape index (κ1) is 19.8. The number of aryl methyl sites for hydroxylation is 1. The van der Waals surface area contributed by atoms with Gasteiger partial charge >= 0.3 is 0 Å². The summed E-state index contributed by atoms with van der Waals surface area (Å²) in [6.45, 7) is 1.77. The zero-order valence-corrected chi connectivity index (χ0v) is 19.8. The van der Waals surface area contributed by atoms with E-state index in [-0.39, 0.29) is 5.92 Å². The Hall–Kier alpha value is -1.81. The first-order valence-electron chi connectivity index (χ1n) is 10.3. The van der Waals surface area contributed by atoms with E-state index < -0.39 is 0 Å². The molecule has 0 saturated carbocycles. The summed E-state index contributed by atoms with van der Waals surface area (Å²) in [5.74, 6) is 3.31. The Bertz CT molecular complexity index is 1290. The van der Waals surface area contributed by atoms with Crippen LogP contribution in [0.3, 0.4) is 0 Å². The summed E-state index contributed by atoms with van der Waals surface area (Å²) in [6, 6.07) is 3.99. The number of thiophene rings is 1. The third-order valence-corrected chi connectivity index (χ3v) is 9.41. The van der Waals surface area contributed by atoms with Crippen molar-refractivity contribution in [1.29, 1.82) is 0 Å². The number of anilines is 2. The van der Waals surface area contributed by atoms with E-state index in [0.29, 0.717) is 10.9 Å². The van der Waals surface area contributed by atoms with Gasteiger partial charge in [0.15, 0.2) is 0 Å². The molecule has 0 radical (unpaired) electrons. The number of aromatic amines is 1. The summed E-state index contributed by atoms with van der Waals surface area (Å²) in [4.78, 5) is 26.4. The number of hydrogen-bond donors (Lipinski definition) is 2. The van der Waals surface area contributed by atoms with Crippen molar-refractivity contribution in [2.75, 3.05) is 29.9 Å². The second-order valence-corrected chi connectivity index (χ2v) is 11.5. The summed E-state index contributed by atoms with van der Waals surface area (Å²) in [5, 5.41) is 5.18. The smallest absolute Gasteiger partial charge is 0.226 e. The molecule has 1 amide bonds. The fourth-order valence-electron chi connectivity index (χ4n) is 4.46. The van der Waals surface area contributed by atoms with Crippen LogP contribution in [-0.2, 0) is 17.6 Å². The Morgan fingerprint density at radius 1 is 1.26 bits per heavy atom. The molecule has 0 unspecified atom stereocenters. The molecule has 1 saturated heterocycles. The molecule has 1 fully saturated rings. The van der Waals surface area contributed by atoms with Gasteiger partial charge < -0.3 is 14.6 Å². The second-order valence-electron chi connectivity index (χ2n) is 7.94. The van der Waals surface area contributed by atoms with Crippen molar-refractivity contribution in [3.63, 3.8) is 0 Å². The van der Waals surface area contributed by atoms with Gasteiger partial charge in [0.05, 0.1) is 26.3 Å². The molecule has 0 spiro atoms. The van der Waals surface area contributed by atoms with Gasteiger partial charge in [-0.2, -0.15) is 11.8 Å². The van der Waals surface area contributed by atoms with E-state index in [2.05, 4.69) is 30.6 Å². The maximum absolute atomic E-state index is 13.0. The lowest BCUT2D eigenvalue weighted by atomic mass is 9.87. The Morgan fingerprint density at radius 2 is 2.13 bits per heavy atom. The molecule has 1 aromatic carbocycles. The minimum absolute atomic E-state index is 0.0833. The van der Waals surface area contributed by atoms with Crippen molar-refractivity contribution in [3.05, 3.63) is 33.9 Å². The molecule has 1 aliphatic heterocycles. The third-order valence-electron chi connectivity index (χ3n) is 6.11. The van der Waals surface area contributed by atoms with E-state index in [1.165, 1.54) is 15.1 Å². The largest absolute Gasteiger partial charge is 0.341 e. The number of nitrogens with one attached hydrogen (secondary N) is 2. The van der Waals surface area contributed by atoms with Crippen LogP contribution < -0.4 is 5.32 Å². The van der Waals surface area contributed by atoms with Crippen molar-refractivity contribution in [1.82, 2.24) is 19.2 Å². The number of fused-ring (bicyclic) bond motifs is 4. The van der Waals surface area contributed by atoms with E-state index in [4.69, 9.17) is 11.6 Å². The number of nitrogens with zero attached hydrogens (tertiary/aromatic N) is 3. The standard InChI is InChI=1S/C21H20ClN5OS3/c22-13-8-15-17(31-26-15)9-14(13)25-19-18-12-2-1-11(21(28)27-3-5-29-6-4-27)7-16(12)30-20(18)24-10-23-19/h8-11,26H,1-7H2,(H,23,24,25)/t11-/m0/s1. The minimum Gasteiger partial charge on any atom is -0.341 e. The van der Waals surface area contributed by atoms with Crippen LogP contribution in [0.15, 0.2) is 18.5 Å². The monoisotopic (exact) mass is 489 g/mol. The van der Waals surface area contributed by atoms with Crippen molar-refractivity contribution in [3.8, 4) is 0 Å². The van der Waals surface area contributed by atoms with E-state index in [0.717, 1.165) is 71.1 Å². The van der Waals surface area contributed by atoms with Crippen LogP contribution in [0.1, 0.15) is 16.9 Å². The number of amides is 1. The van der Waals surface area contributed by atoms with Gasteiger partial charge in [-0.1, -0.05) is 23.1 Å². The molecule has 2 N–H and O–H groups in total. The molecule has 1 atom stereocenters. The third kappa shape index (κ3) is 3.51.